The van der Waals surface area contributed by atoms with Crippen LogP contribution in [0.15, 0.2) is 41.3 Å². The molecule has 33 heavy (non-hydrogen) atoms. The second kappa shape index (κ2) is 10.8. The van der Waals surface area contributed by atoms with Crippen molar-refractivity contribution in [3.8, 4) is 0 Å². The van der Waals surface area contributed by atoms with E-state index in [0.717, 1.165) is 64.2 Å². The fourth-order valence-electron chi connectivity index (χ4n) is 4.30. The quantitative estimate of drug-likeness (QED) is 0.485. The molecule has 176 valence electrons. The van der Waals surface area contributed by atoms with Crippen molar-refractivity contribution in [3.05, 3.63) is 58.0 Å². The summed E-state index contributed by atoms with van der Waals surface area (Å²) in [6, 6.07) is 10.4. The number of hydrogen-bond donors (Lipinski definition) is 2. The standard InChI is InChI=1S/C25H35N7O/c1-3-5-11-27-23-22-21(28-25(26)29-23)10-12-32(24(22)33)18-20-8-6-19(7-9-20)17-31-15-13-30(4-2)14-16-31/h6-10,12H,3-5,11,13-18H2,1-2H3,(H3,26,27,28,29). The number of piperazine rings is 1. The molecule has 0 unspecified atom stereocenters. The minimum absolute atomic E-state index is 0.107. The Labute approximate surface area is 195 Å². The van der Waals surface area contributed by atoms with Crippen LogP contribution in [0.25, 0.3) is 10.9 Å². The highest BCUT2D eigenvalue weighted by atomic mass is 16.1. The molecule has 8 heteroatoms. The first-order chi connectivity index (χ1) is 16.1. The number of pyridine rings is 1. The SMILES string of the molecule is CCCCNc1nc(N)nc2ccn(Cc3ccc(CN4CCN(CC)CC4)cc3)c(=O)c12. The summed E-state index contributed by atoms with van der Waals surface area (Å²) in [5.74, 6) is 0.689. The molecule has 1 fully saturated rings. The zero-order valence-electron chi connectivity index (χ0n) is 19.8. The first-order valence-corrected chi connectivity index (χ1v) is 12.0. The van der Waals surface area contributed by atoms with Gasteiger partial charge in [-0.25, -0.2) is 4.98 Å². The molecule has 0 radical (unpaired) electrons. The third-order valence-corrected chi connectivity index (χ3v) is 6.36. The number of anilines is 2. The highest BCUT2D eigenvalue weighted by molar-refractivity contribution is 5.89. The van der Waals surface area contributed by atoms with E-state index < -0.39 is 0 Å². The summed E-state index contributed by atoms with van der Waals surface area (Å²) in [5, 5.41) is 3.75. The van der Waals surface area contributed by atoms with Gasteiger partial charge in [0.05, 0.1) is 12.1 Å². The van der Waals surface area contributed by atoms with Crippen molar-refractivity contribution in [3.63, 3.8) is 0 Å². The van der Waals surface area contributed by atoms with Gasteiger partial charge in [0, 0.05) is 45.5 Å². The van der Waals surface area contributed by atoms with Crippen molar-refractivity contribution >= 4 is 22.7 Å². The zero-order valence-corrected chi connectivity index (χ0v) is 19.8. The van der Waals surface area contributed by atoms with Gasteiger partial charge in [0.25, 0.3) is 5.56 Å². The highest BCUT2D eigenvalue weighted by Crippen LogP contribution is 2.18. The van der Waals surface area contributed by atoms with E-state index >= 15 is 0 Å². The summed E-state index contributed by atoms with van der Waals surface area (Å²) in [5.41, 5.74) is 8.72. The number of fused-ring (bicyclic) bond motifs is 1. The van der Waals surface area contributed by atoms with Gasteiger partial charge < -0.3 is 20.5 Å². The maximum absolute atomic E-state index is 13.3. The second-order valence-corrected chi connectivity index (χ2v) is 8.75. The second-order valence-electron chi connectivity index (χ2n) is 8.75. The molecule has 3 N–H and O–H groups in total. The Morgan fingerprint density at radius 2 is 1.61 bits per heavy atom. The van der Waals surface area contributed by atoms with Crippen molar-refractivity contribution < 1.29 is 0 Å². The Morgan fingerprint density at radius 1 is 0.939 bits per heavy atom. The number of nitrogens with two attached hydrogens (primary N) is 1. The minimum Gasteiger partial charge on any atom is -0.369 e. The van der Waals surface area contributed by atoms with Gasteiger partial charge in [-0.1, -0.05) is 44.5 Å². The fourth-order valence-corrected chi connectivity index (χ4v) is 4.30. The Kier molecular flexibility index (Phi) is 7.57. The molecule has 0 aliphatic carbocycles. The molecule has 0 saturated carbocycles. The van der Waals surface area contributed by atoms with Crippen LogP contribution in [0.5, 0.6) is 0 Å². The largest absolute Gasteiger partial charge is 0.369 e. The van der Waals surface area contributed by atoms with Crippen LogP contribution in [0.4, 0.5) is 11.8 Å². The molecule has 3 aromatic rings. The van der Waals surface area contributed by atoms with E-state index in [1.54, 1.807) is 10.8 Å². The van der Waals surface area contributed by atoms with Gasteiger partial charge in [-0.05, 0) is 30.2 Å². The Morgan fingerprint density at radius 3 is 2.27 bits per heavy atom. The van der Waals surface area contributed by atoms with Crippen molar-refractivity contribution in [1.29, 1.82) is 0 Å². The number of nitrogens with zero attached hydrogens (tertiary/aromatic N) is 5. The summed E-state index contributed by atoms with van der Waals surface area (Å²) < 4.78 is 1.71. The van der Waals surface area contributed by atoms with Gasteiger partial charge in [-0.3, -0.25) is 9.69 Å². The van der Waals surface area contributed by atoms with Crippen LogP contribution in [0.3, 0.4) is 0 Å². The van der Waals surface area contributed by atoms with Crippen molar-refractivity contribution in [2.24, 2.45) is 0 Å². The van der Waals surface area contributed by atoms with Crippen LogP contribution in [0, 0.1) is 0 Å². The van der Waals surface area contributed by atoms with Crippen LogP contribution in [0.2, 0.25) is 0 Å². The lowest BCUT2D eigenvalue weighted by molar-refractivity contribution is 0.132. The minimum atomic E-state index is -0.107. The van der Waals surface area contributed by atoms with Crippen LogP contribution in [0.1, 0.15) is 37.8 Å². The van der Waals surface area contributed by atoms with Crippen molar-refractivity contribution in [2.45, 2.75) is 39.8 Å². The number of rotatable bonds is 9. The Bertz CT molecular complexity index is 1120. The molecule has 1 saturated heterocycles. The maximum atomic E-state index is 13.3. The summed E-state index contributed by atoms with van der Waals surface area (Å²) in [7, 11) is 0. The van der Waals surface area contributed by atoms with Crippen LogP contribution in [-0.2, 0) is 13.1 Å². The van der Waals surface area contributed by atoms with E-state index in [-0.39, 0.29) is 11.5 Å². The first kappa shape index (κ1) is 23.2. The Balaban J connectivity index is 1.48. The fraction of sp³-hybridized carbons (Fsp3) is 0.480. The molecular formula is C25H35N7O. The lowest BCUT2D eigenvalue weighted by Gasteiger charge is -2.34. The summed E-state index contributed by atoms with van der Waals surface area (Å²) >= 11 is 0. The molecule has 0 bridgehead atoms. The molecule has 3 heterocycles. The smallest absolute Gasteiger partial charge is 0.264 e. The predicted octanol–water partition coefficient (Wildman–Crippen LogP) is 2.77. The summed E-state index contributed by atoms with van der Waals surface area (Å²) in [6.07, 6.45) is 3.84. The van der Waals surface area contributed by atoms with Crippen LogP contribution < -0.4 is 16.6 Å². The van der Waals surface area contributed by atoms with Crippen molar-refractivity contribution in [2.75, 3.05) is 50.3 Å². The number of likely N-dealkylation sites (N-methyl/N-ethyl adjacent to an activating group) is 1. The number of nitrogens with one attached hydrogen (secondary N) is 1. The molecule has 1 aliphatic heterocycles. The number of hydrogen-bond acceptors (Lipinski definition) is 7. The molecule has 0 atom stereocenters. The maximum Gasteiger partial charge on any atom is 0.264 e. The third kappa shape index (κ3) is 5.69. The lowest BCUT2D eigenvalue weighted by atomic mass is 10.1. The molecule has 8 nitrogen and oxygen atoms in total. The number of nitrogen functional groups attached to an aromatic ring is 1. The number of unbranched alkanes of at least 4 members (excludes halogenated alkanes) is 1. The molecular weight excluding hydrogens is 414 g/mol. The van der Waals surface area contributed by atoms with Gasteiger partial charge in [-0.2, -0.15) is 4.98 Å². The number of aromatic nitrogens is 3. The van der Waals surface area contributed by atoms with Crippen LogP contribution in [-0.4, -0.2) is 63.6 Å². The molecule has 1 aliphatic rings. The first-order valence-electron chi connectivity index (χ1n) is 12.0. The van der Waals surface area contributed by atoms with Gasteiger partial charge in [0.1, 0.15) is 11.2 Å². The number of benzene rings is 1. The average Bonchev–Trinajstić information content (AvgIpc) is 2.82. The van der Waals surface area contributed by atoms with E-state index in [9.17, 15) is 4.79 Å². The van der Waals surface area contributed by atoms with E-state index in [4.69, 9.17) is 5.73 Å². The van der Waals surface area contributed by atoms with Gasteiger partial charge in [0.2, 0.25) is 5.95 Å². The topological polar surface area (TPSA) is 92.3 Å². The molecule has 4 rings (SSSR count). The third-order valence-electron chi connectivity index (χ3n) is 6.36. The zero-order chi connectivity index (χ0) is 23.2. The molecule has 2 aromatic heterocycles. The van der Waals surface area contributed by atoms with E-state index in [2.05, 4.69) is 63.2 Å². The summed E-state index contributed by atoms with van der Waals surface area (Å²) in [4.78, 5) is 26.8. The lowest BCUT2D eigenvalue weighted by Crippen LogP contribution is -2.45. The molecule has 1 aromatic carbocycles. The van der Waals surface area contributed by atoms with Gasteiger partial charge in [0.15, 0.2) is 0 Å². The van der Waals surface area contributed by atoms with E-state index in [1.165, 1.54) is 5.56 Å². The molecule has 0 amide bonds. The monoisotopic (exact) mass is 449 g/mol. The van der Waals surface area contributed by atoms with E-state index in [1.807, 2.05) is 6.07 Å². The summed E-state index contributed by atoms with van der Waals surface area (Å²) in [6.45, 7) is 12.2. The van der Waals surface area contributed by atoms with Crippen molar-refractivity contribution in [1.82, 2.24) is 24.3 Å². The van der Waals surface area contributed by atoms with Gasteiger partial charge >= 0.3 is 0 Å². The average molecular weight is 450 g/mol. The molecule has 0 spiro atoms. The van der Waals surface area contributed by atoms with Gasteiger partial charge in [-0.15, -0.1) is 0 Å². The Hall–Kier alpha value is -2.97. The predicted molar refractivity (Wildman–Crippen MR) is 135 cm³/mol. The van der Waals surface area contributed by atoms with E-state index in [0.29, 0.717) is 23.3 Å². The highest BCUT2D eigenvalue weighted by Gasteiger charge is 2.16. The van der Waals surface area contributed by atoms with Crippen LogP contribution >= 0.6 is 0 Å². The normalized spacial score (nSPS) is 15.2.